The molecule has 0 unspecified atom stereocenters. The van der Waals surface area contributed by atoms with Crippen molar-refractivity contribution in [1.82, 2.24) is 10.2 Å². The SMILES string of the molecule is O=C(CNCc1cccc(C(F)(F)F)c1)N1CCN(c2ccccc2)CC1. The Kier molecular flexibility index (Phi) is 6.01. The molecular formula is C20H22F3N3O. The van der Waals surface area contributed by atoms with Gasteiger partial charge in [-0.05, 0) is 23.8 Å². The van der Waals surface area contributed by atoms with Crippen molar-refractivity contribution in [2.75, 3.05) is 37.6 Å². The maximum absolute atomic E-state index is 12.7. The smallest absolute Gasteiger partial charge is 0.368 e. The van der Waals surface area contributed by atoms with Crippen LogP contribution in [0.5, 0.6) is 0 Å². The molecule has 1 N–H and O–H groups in total. The lowest BCUT2D eigenvalue weighted by molar-refractivity contribution is -0.137. The van der Waals surface area contributed by atoms with Gasteiger partial charge in [0.2, 0.25) is 5.91 Å². The predicted octanol–water partition coefficient (Wildman–Crippen LogP) is 3.14. The number of nitrogens with zero attached hydrogens (tertiary/aromatic N) is 2. The fraction of sp³-hybridized carbons (Fsp3) is 0.350. The first-order valence-corrected chi connectivity index (χ1v) is 8.88. The molecule has 1 saturated heterocycles. The number of hydrogen-bond acceptors (Lipinski definition) is 3. The summed E-state index contributed by atoms with van der Waals surface area (Å²) >= 11 is 0. The van der Waals surface area contributed by atoms with Gasteiger partial charge in [-0.15, -0.1) is 0 Å². The van der Waals surface area contributed by atoms with Gasteiger partial charge in [-0.25, -0.2) is 0 Å². The fourth-order valence-corrected chi connectivity index (χ4v) is 3.14. The Hall–Kier alpha value is -2.54. The van der Waals surface area contributed by atoms with Gasteiger partial charge in [-0.1, -0.05) is 36.4 Å². The van der Waals surface area contributed by atoms with Gasteiger partial charge >= 0.3 is 6.18 Å². The molecule has 27 heavy (non-hydrogen) atoms. The largest absolute Gasteiger partial charge is 0.416 e. The van der Waals surface area contributed by atoms with Crippen molar-refractivity contribution in [3.05, 3.63) is 65.7 Å². The summed E-state index contributed by atoms with van der Waals surface area (Å²) in [5, 5.41) is 2.95. The Bertz CT molecular complexity index is 757. The van der Waals surface area contributed by atoms with Gasteiger partial charge < -0.3 is 15.1 Å². The Labute approximate surface area is 156 Å². The fourth-order valence-electron chi connectivity index (χ4n) is 3.14. The molecule has 4 nitrogen and oxygen atoms in total. The summed E-state index contributed by atoms with van der Waals surface area (Å²) in [5.74, 6) is -0.0327. The van der Waals surface area contributed by atoms with E-state index in [1.54, 1.807) is 11.0 Å². The van der Waals surface area contributed by atoms with Crippen molar-refractivity contribution in [2.24, 2.45) is 0 Å². The van der Waals surface area contributed by atoms with E-state index in [4.69, 9.17) is 0 Å². The van der Waals surface area contributed by atoms with Crippen LogP contribution < -0.4 is 10.2 Å². The van der Waals surface area contributed by atoms with Gasteiger partial charge in [-0.3, -0.25) is 4.79 Å². The number of para-hydroxylation sites is 1. The van der Waals surface area contributed by atoms with Crippen LogP contribution in [0.2, 0.25) is 0 Å². The average molecular weight is 377 g/mol. The Morgan fingerprint density at radius 2 is 1.67 bits per heavy atom. The molecule has 1 amide bonds. The van der Waals surface area contributed by atoms with Crippen molar-refractivity contribution in [3.8, 4) is 0 Å². The van der Waals surface area contributed by atoms with Gasteiger partial charge in [0.05, 0.1) is 12.1 Å². The number of carbonyl (C=O) groups is 1. The standard InChI is InChI=1S/C20H22F3N3O/c21-20(22,23)17-6-4-5-16(13-17)14-24-15-19(27)26-11-9-25(10-12-26)18-7-2-1-3-8-18/h1-8,13,24H,9-12,14-15H2. The second-order valence-corrected chi connectivity index (χ2v) is 6.51. The maximum atomic E-state index is 12.7. The molecule has 0 radical (unpaired) electrons. The number of nitrogens with one attached hydrogen (secondary N) is 1. The number of alkyl halides is 3. The lowest BCUT2D eigenvalue weighted by atomic mass is 10.1. The number of anilines is 1. The molecule has 0 aliphatic carbocycles. The third-order valence-corrected chi connectivity index (χ3v) is 4.61. The lowest BCUT2D eigenvalue weighted by Crippen LogP contribution is -2.50. The Morgan fingerprint density at radius 3 is 2.33 bits per heavy atom. The average Bonchev–Trinajstić information content (AvgIpc) is 2.68. The molecule has 144 valence electrons. The van der Waals surface area contributed by atoms with Gasteiger partial charge in [0, 0.05) is 38.4 Å². The number of rotatable bonds is 5. The molecule has 1 heterocycles. The van der Waals surface area contributed by atoms with E-state index in [-0.39, 0.29) is 19.0 Å². The maximum Gasteiger partial charge on any atom is 0.416 e. The number of carbonyl (C=O) groups excluding carboxylic acids is 1. The van der Waals surface area contributed by atoms with Gasteiger partial charge in [0.25, 0.3) is 0 Å². The third kappa shape index (κ3) is 5.23. The van der Waals surface area contributed by atoms with Crippen molar-refractivity contribution < 1.29 is 18.0 Å². The topological polar surface area (TPSA) is 35.6 Å². The molecule has 1 aliphatic heterocycles. The van der Waals surface area contributed by atoms with Crippen LogP contribution in [0.15, 0.2) is 54.6 Å². The summed E-state index contributed by atoms with van der Waals surface area (Å²) in [5.41, 5.74) is 0.976. The molecule has 0 saturated carbocycles. The molecule has 2 aromatic carbocycles. The summed E-state index contributed by atoms with van der Waals surface area (Å²) in [4.78, 5) is 16.3. The summed E-state index contributed by atoms with van der Waals surface area (Å²) in [7, 11) is 0. The van der Waals surface area contributed by atoms with Gasteiger partial charge in [0.15, 0.2) is 0 Å². The molecule has 3 rings (SSSR count). The van der Waals surface area contributed by atoms with E-state index in [0.29, 0.717) is 18.7 Å². The van der Waals surface area contributed by atoms with Crippen LogP contribution in [0.1, 0.15) is 11.1 Å². The molecular weight excluding hydrogens is 355 g/mol. The molecule has 7 heteroatoms. The van der Waals surface area contributed by atoms with Crippen LogP contribution >= 0.6 is 0 Å². The zero-order valence-corrected chi connectivity index (χ0v) is 14.9. The van der Waals surface area contributed by atoms with E-state index in [2.05, 4.69) is 10.2 Å². The minimum absolute atomic E-state index is 0.0327. The highest BCUT2D eigenvalue weighted by atomic mass is 19.4. The molecule has 0 aromatic heterocycles. The van der Waals surface area contributed by atoms with E-state index in [1.807, 2.05) is 30.3 Å². The van der Waals surface area contributed by atoms with Crippen LogP contribution in [0.3, 0.4) is 0 Å². The normalized spacial score (nSPS) is 15.1. The first-order valence-electron chi connectivity index (χ1n) is 8.88. The summed E-state index contributed by atoms with van der Waals surface area (Å²) in [6.07, 6.45) is -4.36. The minimum Gasteiger partial charge on any atom is -0.368 e. The molecule has 0 atom stereocenters. The number of piperazine rings is 1. The van der Waals surface area contributed by atoms with Crippen LogP contribution in [-0.4, -0.2) is 43.5 Å². The second-order valence-electron chi connectivity index (χ2n) is 6.51. The predicted molar refractivity (Wildman–Crippen MR) is 98.4 cm³/mol. The highest BCUT2D eigenvalue weighted by Gasteiger charge is 2.30. The molecule has 1 fully saturated rings. The van der Waals surface area contributed by atoms with E-state index in [1.165, 1.54) is 6.07 Å². The van der Waals surface area contributed by atoms with Crippen LogP contribution in [0.4, 0.5) is 18.9 Å². The van der Waals surface area contributed by atoms with Crippen LogP contribution in [0, 0.1) is 0 Å². The Balaban J connectivity index is 1.44. The van der Waals surface area contributed by atoms with E-state index in [9.17, 15) is 18.0 Å². The molecule has 2 aromatic rings. The van der Waals surface area contributed by atoms with Crippen molar-refractivity contribution in [1.29, 1.82) is 0 Å². The number of amides is 1. The van der Waals surface area contributed by atoms with Gasteiger partial charge in [-0.2, -0.15) is 13.2 Å². The van der Waals surface area contributed by atoms with E-state index < -0.39 is 11.7 Å². The quantitative estimate of drug-likeness (QED) is 0.870. The van der Waals surface area contributed by atoms with Crippen LogP contribution in [-0.2, 0) is 17.5 Å². The van der Waals surface area contributed by atoms with E-state index in [0.717, 1.165) is 30.9 Å². The van der Waals surface area contributed by atoms with Gasteiger partial charge in [0.1, 0.15) is 0 Å². The first-order chi connectivity index (χ1) is 12.9. The van der Waals surface area contributed by atoms with E-state index >= 15 is 0 Å². The number of halogens is 3. The lowest BCUT2D eigenvalue weighted by Gasteiger charge is -2.36. The second kappa shape index (κ2) is 8.43. The Morgan fingerprint density at radius 1 is 0.963 bits per heavy atom. The highest BCUT2D eigenvalue weighted by molar-refractivity contribution is 5.78. The van der Waals surface area contributed by atoms with Crippen molar-refractivity contribution in [3.63, 3.8) is 0 Å². The van der Waals surface area contributed by atoms with Crippen molar-refractivity contribution >= 4 is 11.6 Å². The molecule has 0 bridgehead atoms. The molecule has 0 spiro atoms. The zero-order chi connectivity index (χ0) is 19.3. The summed E-state index contributed by atoms with van der Waals surface area (Å²) in [6.45, 7) is 3.14. The zero-order valence-electron chi connectivity index (χ0n) is 14.9. The highest BCUT2D eigenvalue weighted by Crippen LogP contribution is 2.29. The number of hydrogen-bond donors (Lipinski definition) is 1. The minimum atomic E-state index is -4.36. The van der Waals surface area contributed by atoms with Crippen molar-refractivity contribution in [2.45, 2.75) is 12.7 Å². The van der Waals surface area contributed by atoms with Crippen LogP contribution in [0.25, 0.3) is 0 Å². The first kappa shape index (κ1) is 19.2. The third-order valence-electron chi connectivity index (χ3n) is 4.61. The summed E-state index contributed by atoms with van der Waals surface area (Å²) in [6, 6.07) is 15.2. The number of benzene rings is 2. The summed E-state index contributed by atoms with van der Waals surface area (Å²) < 4.78 is 38.2. The molecule has 1 aliphatic rings. The monoisotopic (exact) mass is 377 g/mol.